The molecule has 0 bridgehead atoms. The fourth-order valence-electron chi connectivity index (χ4n) is 2.98. The number of para-hydroxylation sites is 1. The minimum Gasteiger partial charge on any atom is -0.488 e. The van der Waals surface area contributed by atoms with Gasteiger partial charge in [0.15, 0.2) is 0 Å². The number of carbonyl (C=O) groups is 1. The zero-order valence-electron chi connectivity index (χ0n) is 14.3. The zero-order valence-corrected chi connectivity index (χ0v) is 14.3. The zero-order chi connectivity index (χ0) is 17.9. The topological polar surface area (TPSA) is 47.9 Å². The lowest BCUT2D eigenvalue weighted by Gasteiger charge is -2.11. The Kier molecular flexibility index (Phi) is 4.23. The Morgan fingerprint density at radius 3 is 2.62 bits per heavy atom. The largest absolute Gasteiger partial charge is 0.488 e. The molecule has 0 saturated carbocycles. The molecular weight excluding hydrogens is 326 g/mol. The molecule has 0 radical (unpaired) electrons. The summed E-state index contributed by atoms with van der Waals surface area (Å²) in [4.78, 5) is 16.5. The lowest BCUT2D eigenvalue weighted by molar-refractivity contribution is -0.136. The van der Waals surface area contributed by atoms with Crippen molar-refractivity contribution in [2.24, 2.45) is 5.16 Å². The normalized spacial score (nSPS) is 15.2. The number of fused-ring (bicyclic) bond motifs is 1. The Balaban J connectivity index is 1.63. The summed E-state index contributed by atoms with van der Waals surface area (Å²) in [5.41, 5.74) is 2.95. The smallest absolute Gasteiger partial charge is 0.367 e. The Morgan fingerprint density at radius 1 is 1.00 bits per heavy atom. The summed E-state index contributed by atoms with van der Waals surface area (Å²) in [5.74, 6) is 0.270. The molecule has 0 unspecified atom stereocenters. The van der Waals surface area contributed by atoms with Gasteiger partial charge in [-0.2, -0.15) is 0 Å². The first kappa shape index (κ1) is 16.1. The minimum atomic E-state index is -0.439. The molecule has 4 nitrogen and oxygen atoms in total. The first-order valence-electron chi connectivity index (χ1n) is 8.39. The number of carbonyl (C=O) groups excluding carboxylic acids is 1. The van der Waals surface area contributed by atoms with Crippen molar-refractivity contribution >= 4 is 28.5 Å². The summed E-state index contributed by atoms with van der Waals surface area (Å²) < 4.78 is 6.08. The van der Waals surface area contributed by atoms with Crippen molar-refractivity contribution in [1.82, 2.24) is 0 Å². The number of rotatable bonds is 4. The maximum Gasteiger partial charge on any atom is 0.367 e. The molecule has 0 spiro atoms. The number of ether oxygens (including phenoxy) is 1. The van der Waals surface area contributed by atoms with Crippen LogP contribution in [0.4, 0.5) is 0 Å². The number of hydrogen-bond acceptors (Lipinski definition) is 4. The Hall–Kier alpha value is -3.40. The third kappa shape index (κ3) is 3.09. The van der Waals surface area contributed by atoms with Crippen LogP contribution in [0.5, 0.6) is 5.75 Å². The lowest BCUT2D eigenvalue weighted by Crippen LogP contribution is -2.03. The molecule has 1 aliphatic heterocycles. The first-order chi connectivity index (χ1) is 12.7. The van der Waals surface area contributed by atoms with Crippen molar-refractivity contribution < 1.29 is 14.4 Å². The highest BCUT2D eigenvalue weighted by Gasteiger charge is 2.22. The molecule has 1 heterocycles. The molecule has 3 aromatic rings. The number of hydrogen-bond donors (Lipinski definition) is 0. The van der Waals surface area contributed by atoms with Crippen molar-refractivity contribution in [1.29, 1.82) is 0 Å². The van der Waals surface area contributed by atoms with Gasteiger partial charge in [-0.1, -0.05) is 65.8 Å². The molecule has 0 atom stereocenters. The average molecular weight is 343 g/mol. The van der Waals surface area contributed by atoms with E-state index in [1.165, 1.54) is 10.8 Å². The number of benzene rings is 3. The molecule has 4 rings (SSSR count). The average Bonchev–Trinajstić information content (AvgIpc) is 2.99. The molecule has 128 valence electrons. The molecule has 0 amide bonds. The molecular formula is C22H17NO3. The van der Waals surface area contributed by atoms with Gasteiger partial charge in [0.25, 0.3) is 0 Å². The van der Waals surface area contributed by atoms with Crippen LogP contribution in [0.3, 0.4) is 0 Å². The Bertz CT molecular complexity index is 1040. The second kappa shape index (κ2) is 6.84. The fraction of sp³-hybridized carbons (Fsp3) is 0.0909. The lowest BCUT2D eigenvalue weighted by atomic mass is 10.1. The molecule has 0 N–H and O–H groups in total. The monoisotopic (exact) mass is 343 g/mol. The molecule has 0 aromatic heterocycles. The van der Waals surface area contributed by atoms with E-state index in [0.717, 1.165) is 11.1 Å². The molecule has 4 heteroatoms. The van der Waals surface area contributed by atoms with Crippen LogP contribution in [-0.2, 0) is 16.2 Å². The van der Waals surface area contributed by atoms with Gasteiger partial charge in [0, 0.05) is 5.56 Å². The predicted molar refractivity (Wildman–Crippen MR) is 102 cm³/mol. The standard InChI is InChI=1S/C22H17NO3/c1-15-20(22(24)26-23-15)13-17-8-3-5-12-21(17)25-14-18-10-6-9-16-7-2-4-11-19(16)18/h2-13H,14H2,1H3/b20-13+. The van der Waals surface area contributed by atoms with E-state index in [0.29, 0.717) is 23.6 Å². The van der Waals surface area contributed by atoms with Gasteiger partial charge >= 0.3 is 5.97 Å². The summed E-state index contributed by atoms with van der Waals surface area (Å²) in [6.45, 7) is 2.19. The molecule has 0 aliphatic carbocycles. The summed E-state index contributed by atoms with van der Waals surface area (Å²) in [5, 5.41) is 6.07. The third-order valence-electron chi connectivity index (χ3n) is 4.36. The quantitative estimate of drug-likeness (QED) is 0.508. The first-order valence-corrected chi connectivity index (χ1v) is 8.39. The van der Waals surface area contributed by atoms with E-state index >= 15 is 0 Å². The van der Waals surface area contributed by atoms with Crippen LogP contribution in [0.2, 0.25) is 0 Å². The van der Waals surface area contributed by atoms with Crippen molar-refractivity contribution in [2.45, 2.75) is 13.5 Å². The van der Waals surface area contributed by atoms with Crippen LogP contribution in [0.1, 0.15) is 18.1 Å². The van der Waals surface area contributed by atoms with Crippen molar-refractivity contribution in [2.75, 3.05) is 0 Å². The summed E-state index contributed by atoms with van der Waals surface area (Å²) in [7, 11) is 0. The Morgan fingerprint density at radius 2 is 1.77 bits per heavy atom. The van der Waals surface area contributed by atoms with Gasteiger partial charge in [0.05, 0.1) is 11.3 Å². The second-order valence-corrected chi connectivity index (χ2v) is 6.08. The van der Waals surface area contributed by atoms with Gasteiger partial charge in [0.1, 0.15) is 12.4 Å². The van der Waals surface area contributed by atoms with Gasteiger partial charge in [-0.05, 0) is 35.4 Å². The van der Waals surface area contributed by atoms with E-state index in [9.17, 15) is 4.79 Å². The van der Waals surface area contributed by atoms with Crippen LogP contribution in [-0.4, -0.2) is 11.7 Å². The van der Waals surface area contributed by atoms with Crippen molar-refractivity contribution in [3.63, 3.8) is 0 Å². The van der Waals surface area contributed by atoms with Gasteiger partial charge in [-0.3, -0.25) is 0 Å². The maximum atomic E-state index is 11.8. The highest BCUT2D eigenvalue weighted by molar-refractivity contribution is 6.24. The predicted octanol–water partition coefficient (Wildman–Crippen LogP) is 4.73. The van der Waals surface area contributed by atoms with Crippen molar-refractivity contribution in [3.05, 3.63) is 83.4 Å². The van der Waals surface area contributed by atoms with Crippen LogP contribution in [0.25, 0.3) is 16.8 Å². The fourth-order valence-corrected chi connectivity index (χ4v) is 2.98. The van der Waals surface area contributed by atoms with Crippen LogP contribution in [0, 0.1) is 0 Å². The van der Waals surface area contributed by atoms with E-state index < -0.39 is 5.97 Å². The van der Waals surface area contributed by atoms with Crippen molar-refractivity contribution in [3.8, 4) is 5.75 Å². The van der Waals surface area contributed by atoms with E-state index in [2.05, 4.69) is 29.4 Å². The summed E-state index contributed by atoms with van der Waals surface area (Å²) in [6.07, 6.45) is 1.76. The Labute approximate surface area is 151 Å². The minimum absolute atomic E-state index is 0.439. The summed E-state index contributed by atoms with van der Waals surface area (Å²) >= 11 is 0. The van der Waals surface area contributed by atoms with Gasteiger partial charge in [-0.25, -0.2) is 4.79 Å². The van der Waals surface area contributed by atoms with Crippen LogP contribution >= 0.6 is 0 Å². The second-order valence-electron chi connectivity index (χ2n) is 6.08. The van der Waals surface area contributed by atoms with Gasteiger partial charge < -0.3 is 9.57 Å². The highest BCUT2D eigenvalue weighted by atomic mass is 16.7. The van der Waals surface area contributed by atoms with Gasteiger partial charge in [-0.15, -0.1) is 0 Å². The van der Waals surface area contributed by atoms with E-state index in [1.54, 1.807) is 13.0 Å². The van der Waals surface area contributed by atoms with E-state index in [-0.39, 0.29) is 0 Å². The molecule has 26 heavy (non-hydrogen) atoms. The summed E-state index contributed by atoms with van der Waals surface area (Å²) in [6, 6.07) is 22.0. The van der Waals surface area contributed by atoms with E-state index in [4.69, 9.17) is 9.57 Å². The number of oxime groups is 1. The number of nitrogens with zero attached hydrogens (tertiary/aromatic N) is 1. The molecule has 0 saturated heterocycles. The maximum absolute atomic E-state index is 11.8. The molecule has 0 fully saturated rings. The third-order valence-corrected chi connectivity index (χ3v) is 4.36. The van der Waals surface area contributed by atoms with E-state index in [1.807, 2.05) is 42.5 Å². The highest BCUT2D eigenvalue weighted by Crippen LogP contribution is 2.26. The SMILES string of the molecule is CC1=NOC(=O)/C1=C/c1ccccc1OCc1cccc2ccccc12. The molecule has 3 aromatic carbocycles. The van der Waals surface area contributed by atoms with Crippen LogP contribution < -0.4 is 4.74 Å². The van der Waals surface area contributed by atoms with Gasteiger partial charge in [0.2, 0.25) is 0 Å². The van der Waals surface area contributed by atoms with Crippen LogP contribution in [0.15, 0.2) is 77.5 Å². The molecule has 1 aliphatic rings.